The van der Waals surface area contributed by atoms with Crippen molar-refractivity contribution >= 4 is 39.4 Å². The molecule has 116 valence electrons. The number of rotatable bonds is 9. The second kappa shape index (κ2) is 9.93. The molecule has 0 fully saturated rings. The van der Waals surface area contributed by atoms with Crippen molar-refractivity contribution in [1.29, 1.82) is 0 Å². The van der Waals surface area contributed by atoms with E-state index < -0.39 is 12.0 Å². The van der Waals surface area contributed by atoms with E-state index in [9.17, 15) is 14.4 Å². The van der Waals surface area contributed by atoms with Gasteiger partial charge in [-0.2, -0.15) is 0 Å². The Kier molecular flexibility index (Phi) is 9.49. The van der Waals surface area contributed by atoms with Crippen LogP contribution >= 0.6 is 21.6 Å². The zero-order valence-electron chi connectivity index (χ0n) is 12.1. The summed E-state index contributed by atoms with van der Waals surface area (Å²) < 4.78 is 0. The van der Waals surface area contributed by atoms with Gasteiger partial charge in [-0.05, 0) is 5.92 Å². The average Bonchev–Trinajstić information content (AvgIpc) is 2.29. The fraction of sp³-hybridized carbons (Fsp3) is 0.750. The largest absolute Gasteiger partial charge is 0.480 e. The summed E-state index contributed by atoms with van der Waals surface area (Å²) in [5.41, 5.74) is 0. The number of hydrogen-bond donors (Lipinski definition) is 3. The number of amides is 2. The molecule has 0 aliphatic carbocycles. The average molecular weight is 322 g/mol. The third-order valence-corrected chi connectivity index (χ3v) is 4.88. The summed E-state index contributed by atoms with van der Waals surface area (Å²) in [6, 6.07) is -0.836. The van der Waals surface area contributed by atoms with Crippen LogP contribution in [-0.4, -0.2) is 46.5 Å². The molecule has 0 aliphatic rings. The highest BCUT2D eigenvalue weighted by atomic mass is 33.1. The topological polar surface area (TPSA) is 95.5 Å². The minimum Gasteiger partial charge on any atom is -0.480 e. The highest BCUT2D eigenvalue weighted by Crippen LogP contribution is 2.24. The fourth-order valence-electron chi connectivity index (χ4n) is 1.32. The SMILES string of the molecule is CC(=O)NC(CSSCC(NC(C)=O)C(C)C)C(=O)O. The first-order valence-electron chi connectivity index (χ1n) is 6.25. The van der Waals surface area contributed by atoms with Crippen LogP contribution in [0.4, 0.5) is 0 Å². The number of aliphatic carboxylic acids is 1. The Hall–Kier alpha value is -0.890. The van der Waals surface area contributed by atoms with Crippen LogP contribution in [0.15, 0.2) is 0 Å². The van der Waals surface area contributed by atoms with Gasteiger partial charge in [0.1, 0.15) is 6.04 Å². The molecule has 8 heteroatoms. The van der Waals surface area contributed by atoms with Gasteiger partial charge < -0.3 is 15.7 Å². The molecular formula is C12H22N2O4S2. The highest BCUT2D eigenvalue weighted by Gasteiger charge is 2.19. The Balaban J connectivity index is 4.10. The first kappa shape index (κ1) is 19.1. The Morgan fingerprint density at radius 1 is 1.00 bits per heavy atom. The summed E-state index contributed by atoms with van der Waals surface area (Å²) >= 11 is 0. The van der Waals surface area contributed by atoms with E-state index in [-0.39, 0.29) is 23.6 Å². The molecule has 6 nitrogen and oxygen atoms in total. The monoisotopic (exact) mass is 322 g/mol. The predicted octanol–water partition coefficient (Wildman–Crippen LogP) is 1.12. The minimum absolute atomic E-state index is 0.0500. The van der Waals surface area contributed by atoms with E-state index in [0.717, 1.165) is 0 Å². The lowest BCUT2D eigenvalue weighted by atomic mass is 10.1. The van der Waals surface area contributed by atoms with Crippen LogP contribution in [0, 0.1) is 5.92 Å². The third-order valence-electron chi connectivity index (χ3n) is 2.43. The maximum atomic E-state index is 11.1. The van der Waals surface area contributed by atoms with Crippen molar-refractivity contribution in [3.05, 3.63) is 0 Å². The standard InChI is InChI=1S/C12H22N2O4S2/c1-7(2)10(13-8(3)15)5-19-20-6-11(12(17)18)14-9(4)16/h7,10-11H,5-6H2,1-4H3,(H,13,15)(H,14,16)(H,17,18). The molecule has 0 rings (SSSR count). The normalized spacial score (nSPS) is 13.7. The highest BCUT2D eigenvalue weighted by molar-refractivity contribution is 8.76. The quantitative estimate of drug-likeness (QED) is 0.435. The Labute approximate surface area is 127 Å². The van der Waals surface area contributed by atoms with Crippen LogP contribution in [0.5, 0.6) is 0 Å². The second-order valence-electron chi connectivity index (χ2n) is 4.71. The van der Waals surface area contributed by atoms with Gasteiger partial charge in [-0.25, -0.2) is 4.79 Å². The number of hydrogen-bond acceptors (Lipinski definition) is 5. The lowest BCUT2D eigenvalue weighted by Gasteiger charge is -2.21. The molecule has 0 aromatic carbocycles. The first-order chi connectivity index (χ1) is 9.23. The van der Waals surface area contributed by atoms with Gasteiger partial charge in [0.15, 0.2) is 0 Å². The zero-order valence-corrected chi connectivity index (χ0v) is 13.8. The van der Waals surface area contributed by atoms with E-state index >= 15 is 0 Å². The number of carboxylic acids is 1. The fourth-order valence-corrected chi connectivity index (χ4v) is 3.91. The van der Waals surface area contributed by atoms with Gasteiger partial charge in [-0.1, -0.05) is 35.4 Å². The van der Waals surface area contributed by atoms with Crippen LogP contribution < -0.4 is 10.6 Å². The van der Waals surface area contributed by atoms with Crippen molar-refractivity contribution in [2.24, 2.45) is 5.92 Å². The van der Waals surface area contributed by atoms with Crippen LogP contribution in [0.1, 0.15) is 27.7 Å². The molecular weight excluding hydrogens is 300 g/mol. The van der Waals surface area contributed by atoms with Crippen molar-refractivity contribution in [3.63, 3.8) is 0 Å². The summed E-state index contributed by atoms with van der Waals surface area (Å²) in [6.07, 6.45) is 0. The number of carboxylic acid groups (broad SMARTS) is 1. The van der Waals surface area contributed by atoms with Crippen molar-refractivity contribution < 1.29 is 19.5 Å². The van der Waals surface area contributed by atoms with E-state index in [2.05, 4.69) is 10.6 Å². The maximum Gasteiger partial charge on any atom is 0.327 e. The molecule has 0 aromatic heterocycles. The van der Waals surface area contributed by atoms with Crippen LogP contribution in [-0.2, 0) is 14.4 Å². The van der Waals surface area contributed by atoms with Gasteiger partial charge in [0.25, 0.3) is 0 Å². The molecule has 0 bridgehead atoms. The third kappa shape index (κ3) is 9.08. The van der Waals surface area contributed by atoms with Crippen LogP contribution in [0.25, 0.3) is 0 Å². The van der Waals surface area contributed by atoms with Gasteiger partial charge in [-0.3, -0.25) is 9.59 Å². The Morgan fingerprint density at radius 3 is 1.90 bits per heavy atom. The van der Waals surface area contributed by atoms with Crippen LogP contribution in [0.2, 0.25) is 0 Å². The Bertz CT molecular complexity index is 350. The minimum atomic E-state index is -1.05. The molecule has 2 unspecified atom stereocenters. The van der Waals surface area contributed by atoms with Crippen molar-refractivity contribution in [3.8, 4) is 0 Å². The summed E-state index contributed by atoms with van der Waals surface area (Å²) in [5, 5.41) is 14.2. The summed E-state index contributed by atoms with van der Waals surface area (Å²) in [4.78, 5) is 32.9. The number of carbonyl (C=O) groups is 3. The molecule has 0 radical (unpaired) electrons. The van der Waals surface area contributed by atoms with E-state index in [1.54, 1.807) is 0 Å². The summed E-state index contributed by atoms with van der Waals surface area (Å²) in [5.74, 6) is -0.204. The first-order valence-corrected chi connectivity index (χ1v) is 8.74. The number of carbonyl (C=O) groups excluding carboxylic acids is 2. The predicted molar refractivity (Wildman–Crippen MR) is 82.6 cm³/mol. The molecule has 20 heavy (non-hydrogen) atoms. The lowest BCUT2D eigenvalue weighted by Crippen LogP contribution is -2.41. The molecule has 3 N–H and O–H groups in total. The Morgan fingerprint density at radius 2 is 1.50 bits per heavy atom. The summed E-state index contributed by atoms with van der Waals surface area (Å²) in [7, 11) is 2.87. The van der Waals surface area contributed by atoms with Gasteiger partial charge in [0.2, 0.25) is 11.8 Å². The van der Waals surface area contributed by atoms with Gasteiger partial charge in [0, 0.05) is 31.4 Å². The van der Waals surface area contributed by atoms with Crippen molar-refractivity contribution in [2.45, 2.75) is 39.8 Å². The molecule has 0 spiro atoms. The number of nitrogens with one attached hydrogen (secondary N) is 2. The zero-order chi connectivity index (χ0) is 15.7. The molecule has 2 atom stereocenters. The van der Waals surface area contributed by atoms with E-state index in [1.165, 1.54) is 35.4 Å². The van der Waals surface area contributed by atoms with Crippen molar-refractivity contribution in [2.75, 3.05) is 11.5 Å². The van der Waals surface area contributed by atoms with Gasteiger partial charge in [0.05, 0.1) is 0 Å². The second-order valence-corrected chi connectivity index (χ2v) is 7.26. The maximum absolute atomic E-state index is 11.1. The molecule has 2 amide bonds. The van der Waals surface area contributed by atoms with Crippen molar-refractivity contribution in [1.82, 2.24) is 10.6 Å². The summed E-state index contributed by atoms with van der Waals surface area (Å²) in [6.45, 7) is 6.80. The molecule has 0 aliphatic heterocycles. The van der Waals surface area contributed by atoms with E-state index in [0.29, 0.717) is 11.7 Å². The van der Waals surface area contributed by atoms with Crippen LogP contribution in [0.3, 0.4) is 0 Å². The van der Waals surface area contributed by atoms with E-state index in [4.69, 9.17) is 5.11 Å². The lowest BCUT2D eigenvalue weighted by molar-refractivity contribution is -0.140. The molecule has 0 saturated heterocycles. The smallest absolute Gasteiger partial charge is 0.327 e. The molecule has 0 heterocycles. The molecule has 0 saturated carbocycles. The van der Waals surface area contributed by atoms with Gasteiger partial charge in [-0.15, -0.1) is 0 Å². The van der Waals surface area contributed by atoms with E-state index in [1.807, 2.05) is 13.8 Å². The molecule has 0 aromatic rings. The van der Waals surface area contributed by atoms with Gasteiger partial charge >= 0.3 is 5.97 Å².